The van der Waals surface area contributed by atoms with E-state index in [0.717, 1.165) is 15.9 Å². The smallest absolute Gasteiger partial charge is 0.239 e. The Balaban J connectivity index is 2.25. The first-order chi connectivity index (χ1) is 9.97. The van der Waals surface area contributed by atoms with E-state index in [1.807, 2.05) is 32.0 Å². The van der Waals surface area contributed by atoms with Crippen LogP contribution in [0.15, 0.2) is 34.8 Å². The lowest BCUT2D eigenvalue weighted by Crippen LogP contribution is -2.09. The predicted octanol–water partition coefficient (Wildman–Crippen LogP) is 3.97. The molecule has 0 amide bonds. The maximum Gasteiger partial charge on any atom is 0.239 e. The topological polar surface area (TPSA) is 69.4 Å². The molecule has 0 fully saturated rings. The maximum atomic E-state index is 5.86. The summed E-state index contributed by atoms with van der Waals surface area (Å²) in [7, 11) is 1.63. The molecule has 3 N–H and O–H groups in total. The quantitative estimate of drug-likeness (QED) is 0.852. The Morgan fingerprint density at radius 2 is 2.00 bits per heavy atom. The molecule has 0 bridgehead atoms. The van der Waals surface area contributed by atoms with Gasteiger partial charge in [0.05, 0.1) is 18.9 Å². The van der Waals surface area contributed by atoms with Crippen LogP contribution in [-0.2, 0) is 0 Å². The zero-order valence-electron chi connectivity index (χ0n) is 12.2. The second-order valence-electron chi connectivity index (χ2n) is 4.76. The number of nitrogens with two attached hydrogens (primary N) is 1. The fourth-order valence-electron chi connectivity index (χ4n) is 1.74. The molecule has 0 aliphatic carbocycles. The van der Waals surface area contributed by atoms with Gasteiger partial charge in [-0.2, -0.15) is 4.98 Å². The second kappa shape index (κ2) is 6.67. The Kier molecular flexibility index (Phi) is 4.90. The molecule has 1 heterocycles. The third kappa shape index (κ3) is 4.26. The number of anilines is 3. The highest BCUT2D eigenvalue weighted by Crippen LogP contribution is 2.28. The van der Waals surface area contributed by atoms with Crippen molar-refractivity contribution < 1.29 is 9.47 Å². The molecule has 0 aliphatic rings. The highest BCUT2D eigenvalue weighted by atomic mass is 79.9. The normalized spacial score (nSPS) is 10.5. The Bertz CT molecular complexity index is 632. The van der Waals surface area contributed by atoms with Crippen LogP contribution < -0.4 is 20.5 Å². The van der Waals surface area contributed by atoms with Gasteiger partial charge in [0.25, 0.3) is 0 Å². The third-order valence-corrected chi connectivity index (χ3v) is 3.07. The average molecular weight is 352 g/mol. The van der Waals surface area contributed by atoms with Crippen molar-refractivity contribution in [2.75, 3.05) is 18.2 Å². The minimum atomic E-state index is 0.0148. The van der Waals surface area contributed by atoms with E-state index >= 15 is 0 Å². The first-order valence-electron chi connectivity index (χ1n) is 6.52. The van der Waals surface area contributed by atoms with E-state index < -0.39 is 0 Å². The number of benzene rings is 1. The lowest BCUT2D eigenvalue weighted by atomic mass is 10.3. The summed E-state index contributed by atoms with van der Waals surface area (Å²) in [6.45, 7) is 3.86. The van der Waals surface area contributed by atoms with Gasteiger partial charge >= 0.3 is 0 Å². The molecular formula is C15H18BrN3O2. The van der Waals surface area contributed by atoms with Crippen LogP contribution in [0.25, 0.3) is 0 Å². The van der Waals surface area contributed by atoms with Crippen LogP contribution in [0.3, 0.4) is 0 Å². The van der Waals surface area contributed by atoms with E-state index in [9.17, 15) is 0 Å². The molecule has 0 radical (unpaired) electrons. The fourth-order valence-corrected chi connectivity index (χ4v) is 2.21. The summed E-state index contributed by atoms with van der Waals surface area (Å²) in [5.41, 5.74) is 7.23. The van der Waals surface area contributed by atoms with Gasteiger partial charge in [-0.15, -0.1) is 0 Å². The summed E-state index contributed by atoms with van der Waals surface area (Å²) < 4.78 is 11.7. The number of rotatable bonds is 5. The van der Waals surface area contributed by atoms with Crippen LogP contribution in [0.1, 0.15) is 13.8 Å². The number of ether oxygens (including phenoxy) is 2. The van der Waals surface area contributed by atoms with Crippen molar-refractivity contribution in [3.05, 3.63) is 34.8 Å². The van der Waals surface area contributed by atoms with Gasteiger partial charge in [0.15, 0.2) is 0 Å². The number of pyridine rings is 1. The minimum Gasteiger partial charge on any atom is -0.497 e. The highest BCUT2D eigenvalue weighted by Gasteiger charge is 2.07. The van der Waals surface area contributed by atoms with Crippen molar-refractivity contribution in [1.82, 2.24) is 4.98 Å². The van der Waals surface area contributed by atoms with Crippen LogP contribution in [-0.4, -0.2) is 18.2 Å². The van der Waals surface area contributed by atoms with Crippen molar-refractivity contribution >= 4 is 33.1 Å². The maximum absolute atomic E-state index is 5.86. The Morgan fingerprint density at radius 1 is 1.24 bits per heavy atom. The Labute approximate surface area is 132 Å². The number of halogens is 1. The van der Waals surface area contributed by atoms with Crippen molar-refractivity contribution in [3.63, 3.8) is 0 Å². The predicted molar refractivity (Wildman–Crippen MR) is 88.4 cm³/mol. The molecule has 2 aromatic rings. The van der Waals surface area contributed by atoms with Gasteiger partial charge in [0, 0.05) is 16.2 Å². The standard InChI is InChI=1S/C15H18BrN3O2/c1-9(2)21-15-13(17)4-5-14(19-15)18-11-6-10(16)7-12(8-11)20-3/h4-9H,17H2,1-3H3,(H,18,19). The summed E-state index contributed by atoms with van der Waals surface area (Å²) >= 11 is 3.44. The van der Waals surface area contributed by atoms with Crippen molar-refractivity contribution in [2.45, 2.75) is 20.0 Å². The third-order valence-electron chi connectivity index (χ3n) is 2.62. The molecule has 0 saturated carbocycles. The van der Waals surface area contributed by atoms with Crippen LogP contribution in [0, 0.1) is 0 Å². The zero-order chi connectivity index (χ0) is 15.4. The fraction of sp³-hybridized carbons (Fsp3) is 0.267. The summed E-state index contributed by atoms with van der Waals surface area (Å²) in [6.07, 6.45) is 0.0148. The van der Waals surface area contributed by atoms with Crippen LogP contribution in [0.2, 0.25) is 0 Å². The average Bonchev–Trinajstić information content (AvgIpc) is 2.41. The zero-order valence-corrected chi connectivity index (χ0v) is 13.8. The van der Waals surface area contributed by atoms with Crippen molar-refractivity contribution in [2.24, 2.45) is 0 Å². The first kappa shape index (κ1) is 15.4. The molecule has 0 unspecified atom stereocenters. The van der Waals surface area contributed by atoms with Crippen LogP contribution in [0.5, 0.6) is 11.6 Å². The van der Waals surface area contributed by atoms with E-state index in [1.165, 1.54) is 0 Å². The number of nitrogens with zero attached hydrogens (tertiary/aromatic N) is 1. The molecule has 0 saturated heterocycles. The summed E-state index contributed by atoms with van der Waals surface area (Å²) in [5.74, 6) is 1.83. The minimum absolute atomic E-state index is 0.0148. The second-order valence-corrected chi connectivity index (χ2v) is 5.68. The van der Waals surface area contributed by atoms with Gasteiger partial charge < -0.3 is 20.5 Å². The molecule has 2 rings (SSSR count). The van der Waals surface area contributed by atoms with Gasteiger partial charge in [-0.3, -0.25) is 0 Å². The highest BCUT2D eigenvalue weighted by molar-refractivity contribution is 9.10. The number of aromatic nitrogens is 1. The van der Waals surface area contributed by atoms with Gasteiger partial charge in [-0.1, -0.05) is 15.9 Å². The molecule has 6 heteroatoms. The molecular weight excluding hydrogens is 334 g/mol. The van der Waals surface area contributed by atoms with E-state index in [-0.39, 0.29) is 6.10 Å². The van der Waals surface area contributed by atoms with Crippen molar-refractivity contribution in [3.8, 4) is 11.6 Å². The molecule has 5 nitrogen and oxygen atoms in total. The SMILES string of the molecule is COc1cc(Br)cc(Nc2ccc(N)c(OC(C)C)n2)c1. The Morgan fingerprint density at radius 3 is 2.67 bits per heavy atom. The molecule has 0 spiro atoms. The first-order valence-corrected chi connectivity index (χ1v) is 7.32. The van der Waals surface area contributed by atoms with Crippen LogP contribution in [0.4, 0.5) is 17.2 Å². The monoisotopic (exact) mass is 351 g/mol. The number of nitrogens with one attached hydrogen (secondary N) is 1. The molecule has 0 aliphatic heterocycles. The van der Waals surface area contributed by atoms with E-state index in [0.29, 0.717) is 17.4 Å². The molecule has 21 heavy (non-hydrogen) atoms. The van der Waals surface area contributed by atoms with Gasteiger partial charge in [-0.25, -0.2) is 0 Å². The molecule has 1 aromatic carbocycles. The number of hydrogen-bond acceptors (Lipinski definition) is 5. The van der Waals surface area contributed by atoms with E-state index in [2.05, 4.69) is 26.2 Å². The number of hydrogen-bond donors (Lipinski definition) is 2. The van der Waals surface area contributed by atoms with E-state index in [1.54, 1.807) is 19.2 Å². The van der Waals surface area contributed by atoms with Gasteiger partial charge in [-0.05, 0) is 38.1 Å². The van der Waals surface area contributed by atoms with E-state index in [4.69, 9.17) is 15.2 Å². The lowest BCUT2D eigenvalue weighted by Gasteiger charge is -2.13. The largest absolute Gasteiger partial charge is 0.497 e. The summed E-state index contributed by atoms with van der Waals surface area (Å²) in [5, 5.41) is 3.20. The number of nitrogen functional groups attached to an aromatic ring is 1. The van der Waals surface area contributed by atoms with Gasteiger partial charge in [0.2, 0.25) is 5.88 Å². The summed E-state index contributed by atoms with van der Waals surface area (Å²) in [6, 6.07) is 9.27. The van der Waals surface area contributed by atoms with Crippen molar-refractivity contribution in [1.29, 1.82) is 0 Å². The molecule has 0 atom stereocenters. The molecule has 1 aromatic heterocycles. The lowest BCUT2D eigenvalue weighted by molar-refractivity contribution is 0.234. The molecule has 112 valence electrons. The number of methoxy groups -OCH3 is 1. The summed E-state index contributed by atoms with van der Waals surface area (Å²) in [4.78, 5) is 4.38. The van der Waals surface area contributed by atoms with Crippen LogP contribution >= 0.6 is 15.9 Å². The van der Waals surface area contributed by atoms with Gasteiger partial charge in [0.1, 0.15) is 11.6 Å². The Hall–Kier alpha value is -1.95.